The summed E-state index contributed by atoms with van der Waals surface area (Å²) in [4.78, 5) is 18.1. The lowest BCUT2D eigenvalue weighted by atomic mass is 9.95. The van der Waals surface area contributed by atoms with Gasteiger partial charge in [0.15, 0.2) is 5.65 Å². The van der Waals surface area contributed by atoms with Gasteiger partial charge in [0.1, 0.15) is 0 Å². The number of nitrogens with zero attached hydrogens (tertiary/aromatic N) is 3. The Morgan fingerprint density at radius 2 is 1.85 bits per heavy atom. The van der Waals surface area contributed by atoms with Gasteiger partial charge < -0.3 is 10.6 Å². The van der Waals surface area contributed by atoms with Crippen LogP contribution in [0.2, 0.25) is 0 Å². The number of pyridine rings is 1. The number of aryl methyl sites for hydroxylation is 1. The second-order valence-electron chi connectivity index (χ2n) is 8.99. The Balaban J connectivity index is 1.48. The number of fused-ring (bicyclic) bond motifs is 2. The Labute approximate surface area is 194 Å². The smallest absolute Gasteiger partial charge is 0.255 e. The van der Waals surface area contributed by atoms with E-state index in [1.165, 1.54) is 24.6 Å². The molecule has 1 atom stereocenters. The average Bonchev–Trinajstić information content (AvgIpc) is 3.28. The van der Waals surface area contributed by atoms with E-state index in [1.54, 1.807) is 6.20 Å². The van der Waals surface area contributed by atoms with Crippen molar-refractivity contribution in [1.82, 2.24) is 20.1 Å². The lowest BCUT2D eigenvalue weighted by Gasteiger charge is -2.25. The summed E-state index contributed by atoms with van der Waals surface area (Å²) < 4.78 is 1.88. The molecule has 0 spiro atoms. The summed E-state index contributed by atoms with van der Waals surface area (Å²) >= 11 is 0. The van der Waals surface area contributed by atoms with Gasteiger partial charge in [0.05, 0.1) is 28.9 Å². The molecule has 6 nitrogen and oxygen atoms in total. The van der Waals surface area contributed by atoms with E-state index in [0.717, 1.165) is 47.1 Å². The molecule has 2 aromatic heterocycles. The fourth-order valence-corrected chi connectivity index (χ4v) is 5.02. The van der Waals surface area contributed by atoms with Crippen LogP contribution in [0, 0.1) is 0 Å². The molecule has 0 unspecified atom stereocenters. The van der Waals surface area contributed by atoms with Crippen molar-refractivity contribution in [1.29, 1.82) is 0 Å². The normalized spacial score (nSPS) is 15.6. The minimum absolute atomic E-state index is 0.118. The maximum absolute atomic E-state index is 13.5. The van der Waals surface area contributed by atoms with Crippen LogP contribution >= 0.6 is 0 Å². The van der Waals surface area contributed by atoms with E-state index in [2.05, 4.69) is 51.9 Å². The number of amides is 1. The first-order valence-electron chi connectivity index (χ1n) is 12.0. The maximum Gasteiger partial charge on any atom is 0.255 e. The predicted molar refractivity (Wildman–Crippen MR) is 134 cm³/mol. The quantitative estimate of drug-likeness (QED) is 0.394. The van der Waals surface area contributed by atoms with E-state index in [-0.39, 0.29) is 11.9 Å². The van der Waals surface area contributed by atoms with Gasteiger partial charge in [-0.05, 0) is 43.0 Å². The van der Waals surface area contributed by atoms with Crippen molar-refractivity contribution in [3.05, 3.63) is 66.0 Å². The summed E-state index contributed by atoms with van der Waals surface area (Å²) in [6.45, 7) is 4.83. The Hall–Kier alpha value is -3.41. The van der Waals surface area contributed by atoms with Gasteiger partial charge in [-0.15, -0.1) is 0 Å². The van der Waals surface area contributed by atoms with Gasteiger partial charge in [-0.2, -0.15) is 5.10 Å². The molecule has 1 saturated carbocycles. The molecule has 0 radical (unpaired) electrons. The Kier molecular flexibility index (Phi) is 5.99. The van der Waals surface area contributed by atoms with Gasteiger partial charge in [-0.25, -0.2) is 9.67 Å². The zero-order chi connectivity index (χ0) is 22.8. The standard InChI is InChI=1S/C27H31N5O/c1-3-32-26-23(17-29-32)25(31-20-12-5-4-6-13-20)24(16-28-26)27(33)30-18(2)21-15-9-11-19-10-7-8-14-22(19)21/h7-11,14-18,20H,3-6,12-13H2,1-2H3,(H,28,31)(H,30,33)/t18-/m0/s1. The van der Waals surface area contributed by atoms with Crippen LogP contribution in [-0.4, -0.2) is 26.7 Å². The monoisotopic (exact) mass is 441 g/mol. The molecule has 1 aliphatic rings. The van der Waals surface area contributed by atoms with Crippen LogP contribution < -0.4 is 10.6 Å². The summed E-state index contributed by atoms with van der Waals surface area (Å²) in [5, 5.41) is 14.7. The summed E-state index contributed by atoms with van der Waals surface area (Å²) in [5.41, 5.74) is 3.36. The molecule has 5 rings (SSSR count). The summed E-state index contributed by atoms with van der Waals surface area (Å²) in [7, 11) is 0. The highest BCUT2D eigenvalue weighted by molar-refractivity contribution is 6.06. The third-order valence-corrected chi connectivity index (χ3v) is 6.80. The lowest BCUT2D eigenvalue weighted by Crippen LogP contribution is -2.29. The molecule has 2 aromatic carbocycles. The van der Waals surface area contributed by atoms with Crippen molar-refractivity contribution in [2.24, 2.45) is 0 Å². The number of carbonyl (C=O) groups is 1. The number of rotatable bonds is 6. The molecule has 2 N–H and O–H groups in total. The number of nitrogens with one attached hydrogen (secondary N) is 2. The van der Waals surface area contributed by atoms with E-state index in [9.17, 15) is 4.79 Å². The van der Waals surface area contributed by atoms with E-state index < -0.39 is 0 Å². The number of carbonyl (C=O) groups excluding carboxylic acids is 1. The molecular formula is C27H31N5O. The molecule has 6 heteroatoms. The SMILES string of the molecule is CCn1ncc2c(NC3CCCCC3)c(C(=O)N[C@@H](C)c3cccc4ccccc34)cnc21. The Bertz CT molecular complexity index is 1280. The molecule has 0 bridgehead atoms. The van der Waals surface area contributed by atoms with Crippen LogP contribution in [-0.2, 0) is 6.54 Å². The Morgan fingerprint density at radius 3 is 2.67 bits per heavy atom. The van der Waals surface area contributed by atoms with Crippen molar-refractivity contribution < 1.29 is 4.79 Å². The van der Waals surface area contributed by atoms with Gasteiger partial charge in [-0.3, -0.25) is 4.79 Å². The van der Waals surface area contributed by atoms with Gasteiger partial charge in [0.25, 0.3) is 5.91 Å². The second kappa shape index (κ2) is 9.22. The highest BCUT2D eigenvalue weighted by atomic mass is 16.1. The lowest BCUT2D eigenvalue weighted by molar-refractivity contribution is 0.0940. The fourth-order valence-electron chi connectivity index (χ4n) is 5.02. The van der Waals surface area contributed by atoms with Crippen molar-refractivity contribution >= 4 is 33.4 Å². The topological polar surface area (TPSA) is 71.8 Å². The fraction of sp³-hybridized carbons (Fsp3) is 0.370. The molecule has 33 heavy (non-hydrogen) atoms. The second-order valence-corrected chi connectivity index (χ2v) is 8.99. The van der Waals surface area contributed by atoms with E-state index in [4.69, 9.17) is 0 Å². The summed E-state index contributed by atoms with van der Waals surface area (Å²) in [5.74, 6) is -0.118. The zero-order valence-corrected chi connectivity index (χ0v) is 19.3. The van der Waals surface area contributed by atoms with Crippen molar-refractivity contribution in [3.63, 3.8) is 0 Å². The molecule has 2 heterocycles. The van der Waals surface area contributed by atoms with E-state index in [1.807, 2.05) is 36.0 Å². The van der Waals surface area contributed by atoms with Gasteiger partial charge in [-0.1, -0.05) is 61.7 Å². The van der Waals surface area contributed by atoms with Gasteiger partial charge >= 0.3 is 0 Å². The van der Waals surface area contributed by atoms with Crippen LogP contribution in [0.15, 0.2) is 54.9 Å². The molecular weight excluding hydrogens is 410 g/mol. The van der Waals surface area contributed by atoms with Crippen molar-refractivity contribution in [2.75, 3.05) is 5.32 Å². The molecule has 0 saturated heterocycles. The third-order valence-electron chi connectivity index (χ3n) is 6.80. The largest absolute Gasteiger partial charge is 0.381 e. The number of benzene rings is 2. The predicted octanol–water partition coefficient (Wildman–Crippen LogP) is 5.84. The van der Waals surface area contributed by atoms with Crippen LogP contribution in [0.1, 0.15) is 67.9 Å². The minimum atomic E-state index is -0.139. The van der Waals surface area contributed by atoms with Gasteiger partial charge in [0, 0.05) is 18.8 Å². The summed E-state index contributed by atoms with van der Waals surface area (Å²) in [6, 6.07) is 14.7. The van der Waals surface area contributed by atoms with Crippen LogP contribution in [0.25, 0.3) is 21.8 Å². The van der Waals surface area contributed by atoms with Crippen LogP contribution in [0.5, 0.6) is 0 Å². The number of hydrogen-bond acceptors (Lipinski definition) is 4. The third kappa shape index (κ3) is 4.17. The van der Waals surface area contributed by atoms with Gasteiger partial charge in [0.2, 0.25) is 0 Å². The minimum Gasteiger partial charge on any atom is -0.381 e. The molecule has 1 fully saturated rings. The first-order valence-corrected chi connectivity index (χ1v) is 12.0. The Morgan fingerprint density at radius 1 is 1.06 bits per heavy atom. The highest BCUT2D eigenvalue weighted by Crippen LogP contribution is 2.31. The van der Waals surface area contributed by atoms with E-state index >= 15 is 0 Å². The molecule has 1 aliphatic carbocycles. The number of hydrogen-bond donors (Lipinski definition) is 2. The van der Waals surface area contributed by atoms with Crippen molar-refractivity contribution in [3.8, 4) is 0 Å². The van der Waals surface area contributed by atoms with E-state index in [0.29, 0.717) is 11.6 Å². The first-order chi connectivity index (χ1) is 16.2. The van der Waals surface area contributed by atoms with Crippen LogP contribution in [0.4, 0.5) is 5.69 Å². The average molecular weight is 442 g/mol. The number of aromatic nitrogens is 3. The van der Waals surface area contributed by atoms with Crippen molar-refractivity contribution in [2.45, 2.75) is 64.6 Å². The zero-order valence-electron chi connectivity index (χ0n) is 19.3. The maximum atomic E-state index is 13.5. The highest BCUT2D eigenvalue weighted by Gasteiger charge is 2.23. The molecule has 1 amide bonds. The molecule has 170 valence electrons. The molecule has 4 aromatic rings. The summed E-state index contributed by atoms with van der Waals surface area (Å²) in [6.07, 6.45) is 9.51. The molecule has 0 aliphatic heterocycles. The van der Waals surface area contributed by atoms with Crippen LogP contribution in [0.3, 0.4) is 0 Å². The number of anilines is 1. The first kappa shape index (κ1) is 21.4.